The van der Waals surface area contributed by atoms with E-state index in [1.807, 2.05) is 0 Å². The van der Waals surface area contributed by atoms with Crippen molar-refractivity contribution < 1.29 is 45.7 Å². The summed E-state index contributed by atoms with van der Waals surface area (Å²) in [5.74, 6) is -0.363. The topological polar surface area (TPSA) is 111 Å². The number of hydrogen-bond donors (Lipinski definition) is 2. The molecule has 0 aromatic heterocycles. The van der Waals surface area contributed by atoms with E-state index in [-0.39, 0.29) is 42.0 Å². The second-order valence-corrected chi connectivity index (χ2v) is 4.86. The van der Waals surface area contributed by atoms with Gasteiger partial charge in [0.05, 0.1) is 26.1 Å². The summed E-state index contributed by atoms with van der Waals surface area (Å²) in [5.41, 5.74) is 0. The van der Waals surface area contributed by atoms with Gasteiger partial charge in [0.1, 0.15) is 13.1 Å². The van der Waals surface area contributed by atoms with E-state index in [1.54, 1.807) is 51.4 Å². The van der Waals surface area contributed by atoms with E-state index in [2.05, 4.69) is 20.1 Å². The molecule has 2 aliphatic carbocycles. The molecule has 10 radical (unpaired) electrons. The van der Waals surface area contributed by atoms with Crippen LogP contribution < -0.4 is 10.6 Å². The first-order valence-electron chi connectivity index (χ1n) is 7.61. The fourth-order valence-electron chi connectivity index (χ4n) is 1.70. The molecule has 2 aliphatic rings. The van der Waals surface area contributed by atoms with Crippen LogP contribution in [0, 0.1) is 63.2 Å². The summed E-state index contributed by atoms with van der Waals surface area (Å²) in [5, 5.41) is 4.84. The second kappa shape index (κ2) is 14.5. The monoisotopic (exact) mass is 416 g/mol. The Morgan fingerprint density at radius 1 is 0.704 bits per heavy atom. The molecule has 9 heteroatoms. The summed E-state index contributed by atoms with van der Waals surface area (Å²) in [6, 6.07) is 0. The summed E-state index contributed by atoms with van der Waals surface area (Å²) in [7, 11) is 2.55. The fraction of sp³-hybridized carbons (Fsp3) is 0.222. The van der Waals surface area contributed by atoms with Gasteiger partial charge < -0.3 is 20.1 Å². The zero-order valence-corrected chi connectivity index (χ0v) is 15.9. The van der Waals surface area contributed by atoms with Crippen molar-refractivity contribution in [1.29, 1.82) is 0 Å². The van der Waals surface area contributed by atoms with Crippen LogP contribution in [0.3, 0.4) is 0 Å². The molecule has 2 amide bonds. The SMILES string of the molecule is COC(=O)CNC(=O)[C]1[CH][CH][CH][CH]1.COC(=O)CNC(=O)[C]1[CH][CH][CH][CH]1.[Fe+2]. The maximum absolute atomic E-state index is 11.2. The van der Waals surface area contributed by atoms with E-state index in [0.717, 1.165) is 0 Å². The molecule has 2 fully saturated rings. The van der Waals surface area contributed by atoms with Crippen molar-refractivity contribution >= 4 is 23.8 Å². The van der Waals surface area contributed by atoms with E-state index in [9.17, 15) is 19.2 Å². The molecule has 0 bridgehead atoms. The van der Waals surface area contributed by atoms with Crippen LogP contribution >= 0.6 is 0 Å². The van der Waals surface area contributed by atoms with Gasteiger partial charge in [0.2, 0.25) is 11.8 Å². The van der Waals surface area contributed by atoms with Crippen molar-refractivity contribution in [3.63, 3.8) is 0 Å². The van der Waals surface area contributed by atoms with E-state index in [4.69, 9.17) is 0 Å². The number of esters is 2. The van der Waals surface area contributed by atoms with Crippen LogP contribution in [-0.4, -0.2) is 51.1 Å². The largest absolute Gasteiger partial charge is 2.00 e. The van der Waals surface area contributed by atoms with Crippen molar-refractivity contribution in [3.8, 4) is 0 Å². The molecule has 0 heterocycles. The van der Waals surface area contributed by atoms with Gasteiger partial charge in [-0.15, -0.1) is 0 Å². The number of nitrogens with one attached hydrogen (secondary N) is 2. The minimum absolute atomic E-state index is 0. The third-order valence-corrected chi connectivity index (χ3v) is 3.09. The summed E-state index contributed by atoms with van der Waals surface area (Å²) >= 11 is 0. The van der Waals surface area contributed by atoms with Crippen molar-refractivity contribution in [1.82, 2.24) is 10.6 Å². The van der Waals surface area contributed by atoms with Crippen molar-refractivity contribution in [2.24, 2.45) is 0 Å². The number of ether oxygens (including phenoxy) is 2. The Kier molecular flexibility index (Phi) is 13.6. The van der Waals surface area contributed by atoms with Crippen LogP contribution in [0.2, 0.25) is 0 Å². The van der Waals surface area contributed by atoms with E-state index < -0.39 is 11.9 Å². The van der Waals surface area contributed by atoms with Crippen LogP contribution in [0.1, 0.15) is 0 Å². The van der Waals surface area contributed by atoms with Crippen molar-refractivity contribution in [2.75, 3.05) is 27.3 Å². The molecule has 0 atom stereocenters. The molecule has 8 nitrogen and oxygen atoms in total. The standard InChI is InChI=1S/2C9H10NO3.Fe/c2*1-13-8(11)6-10-9(12)7-4-2-3-5-7;/h2*2-5H,6H2,1H3,(H,10,12);/q;;+2. The fourth-order valence-corrected chi connectivity index (χ4v) is 1.70. The summed E-state index contributed by atoms with van der Waals surface area (Å²) < 4.78 is 8.73. The van der Waals surface area contributed by atoms with E-state index >= 15 is 0 Å². The Bertz CT molecular complexity index is 444. The van der Waals surface area contributed by atoms with Gasteiger partial charge in [-0.05, 0) is 51.4 Å². The Hall–Kier alpha value is -1.60. The molecule has 2 rings (SSSR count). The number of hydrogen-bond acceptors (Lipinski definition) is 6. The van der Waals surface area contributed by atoms with Crippen molar-refractivity contribution in [3.05, 3.63) is 63.2 Å². The smallest absolute Gasteiger partial charge is 0.468 e. The number of rotatable bonds is 6. The van der Waals surface area contributed by atoms with Gasteiger partial charge >= 0.3 is 29.0 Å². The summed E-state index contributed by atoms with van der Waals surface area (Å²) in [6.07, 6.45) is 13.7. The average Bonchev–Trinajstić information content (AvgIpc) is 3.37. The van der Waals surface area contributed by atoms with Crippen LogP contribution in [0.25, 0.3) is 0 Å². The van der Waals surface area contributed by atoms with E-state index in [1.165, 1.54) is 14.2 Å². The van der Waals surface area contributed by atoms with Gasteiger partial charge in [-0.2, -0.15) is 0 Å². The normalized spacial score (nSPS) is 16.4. The predicted octanol–water partition coefficient (Wildman–Crippen LogP) is -0.641. The molecule has 0 aromatic rings. The van der Waals surface area contributed by atoms with Crippen molar-refractivity contribution in [2.45, 2.75) is 0 Å². The first-order valence-corrected chi connectivity index (χ1v) is 7.61. The first-order chi connectivity index (χ1) is 12.5. The van der Waals surface area contributed by atoms with Gasteiger partial charge in [-0.25, -0.2) is 0 Å². The number of carbonyl (C=O) groups excluding carboxylic acids is 4. The molecular weight excluding hydrogens is 396 g/mol. The van der Waals surface area contributed by atoms with Gasteiger partial charge in [0.15, 0.2) is 0 Å². The molecule has 0 aromatic carbocycles. The number of amides is 2. The summed E-state index contributed by atoms with van der Waals surface area (Å²) in [6.45, 7) is -0.193. The summed E-state index contributed by atoms with van der Waals surface area (Å²) in [4.78, 5) is 43.7. The second-order valence-electron chi connectivity index (χ2n) is 4.86. The van der Waals surface area contributed by atoms with Crippen LogP contribution in [-0.2, 0) is 45.7 Å². The molecular formula is C18H20FeN2O6+2. The van der Waals surface area contributed by atoms with Crippen LogP contribution in [0.5, 0.6) is 0 Å². The molecule has 144 valence electrons. The third kappa shape index (κ3) is 10.3. The molecule has 0 saturated heterocycles. The number of carbonyl (C=O) groups is 4. The van der Waals surface area contributed by atoms with Crippen LogP contribution in [0.4, 0.5) is 0 Å². The maximum atomic E-state index is 11.2. The predicted molar refractivity (Wildman–Crippen MR) is 90.9 cm³/mol. The first kappa shape index (κ1) is 25.4. The average molecular weight is 416 g/mol. The molecule has 27 heavy (non-hydrogen) atoms. The Balaban J connectivity index is 0.000000483. The molecule has 2 saturated carbocycles. The molecule has 0 aliphatic heterocycles. The quantitative estimate of drug-likeness (QED) is 0.440. The Labute approximate surface area is 171 Å². The Morgan fingerprint density at radius 2 is 1.00 bits per heavy atom. The van der Waals surface area contributed by atoms with Gasteiger partial charge in [-0.3, -0.25) is 19.2 Å². The molecule has 0 spiro atoms. The Morgan fingerprint density at radius 3 is 1.26 bits per heavy atom. The zero-order valence-electron chi connectivity index (χ0n) is 14.8. The van der Waals surface area contributed by atoms with Gasteiger partial charge in [0.25, 0.3) is 0 Å². The molecule has 0 unspecified atom stereocenters. The van der Waals surface area contributed by atoms with E-state index in [0.29, 0.717) is 11.8 Å². The zero-order chi connectivity index (χ0) is 19.4. The minimum Gasteiger partial charge on any atom is -0.468 e. The van der Waals surface area contributed by atoms with Gasteiger partial charge in [-0.1, -0.05) is 0 Å². The van der Waals surface area contributed by atoms with Crippen LogP contribution in [0.15, 0.2) is 0 Å². The third-order valence-electron chi connectivity index (χ3n) is 3.09. The minimum atomic E-state index is -0.458. The van der Waals surface area contributed by atoms with Gasteiger partial charge in [0, 0.05) is 0 Å². The maximum Gasteiger partial charge on any atom is 2.00 e. The molecule has 2 N–H and O–H groups in total. The number of methoxy groups -OCH3 is 2.